The van der Waals surface area contributed by atoms with Crippen molar-refractivity contribution in [3.05, 3.63) is 87.0 Å². The summed E-state index contributed by atoms with van der Waals surface area (Å²) in [7, 11) is 0. The van der Waals surface area contributed by atoms with Crippen molar-refractivity contribution in [1.82, 2.24) is 30.1 Å². The zero-order chi connectivity index (χ0) is 22.9. The Hall–Kier alpha value is -3.32. The standard InChI is InChI=1S/C26H30N6O/c1-17-8-7-13-31(15-17)24(25-28-29-30-32(25)16-20-9-5-4-6-10-20)22-14-21-18(2)11-12-19(3)23(21)27-26(22)33/h4-6,9-12,14,17,24H,7-8,13,15-16H2,1-3H3,(H,27,33)/t17-,24-/m0/s1. The highest BCUT2D eigenvalue weighted by Crippen LogP contribution is 2.32. The van der Waals surface area contributed by atoms with E-state index in [0.717, 1.165) is 47.1 Å². The molecule has 2 aromatic carbocycles. The SMILES string of the molecule is Cc1ccc(C)c2[nH]c(=O)c([C@@H](c3nnnn3Cc3ccccc3)N3CCC[C@H](C)C3)cc12. The van der Waals surface area contributed by atoms with Crippen LogP contribution in [-0.2, 0) is 6.54 Å². The number of aryl methyl sites for hydroxylation is 2. The Morgan fingerprint density at radius 3 is 2.70 bits per heavy atom. The van der Waals surface area contributed by atoms with Crippen molar-refractivity contribution in [3.63, 3.8) is 0 Å². The highest BCUT2D eigenvalue weighted by atomic mass is 16.1. The fraction of sp³-hybridized carbons (Fsp3) is 0.385. The van der Waals surface area contributed by atoms with Crippen LogP contribution in [0, 0.1) is 19.8 Å². The number of nitrogens with one attached hydrogen (secondary N) is 1. The molecule has 170 valence electrons. The summed E-state index contributed by atoms with van der Waals surface area (Å²) in [5, 5.41) is 13.9. The lowest BCUT2D eigenvalue weighted by Gasteiger charge is -2.36. The summed E-state index contributed by atoms with van der Waals surface area (Å²) in [6, 6.07) is 16.1. The highest BCUT2D eigenvalue weighted by Gasteiger charge is 2.33. The molecule has 2 aromatic heterocycles. The van der Waals surface area contributed by atoms with Gasteiger partial charge in [0.25, 0.3) is 5.56 Å². The van der Waals surface area contributed by atoms with Gasteiger partial charge in [-0.05, 0) is 72.3 Å². The van der Waals surface area contributed by atoms with E-state index in [2.05, 4.69) is 69.6 Å². The third-order valence-electron chi connectivity index (χ3n) is 6.80. The molecule has 0 unspecified atom stereocenters. The van der Waals surface area contributed by atoms with Crippen molar-refractivity contribution in [2.45, 2.75) is 46.2 Å². The summed E-state index contributed by atoms with van der Waals surface area (Å²) in [5.41, 5.74) is 4.86. The van der Waals surface area contributed by atoms with E-state index in [4.69, 9.17) is 0 Å². The first kappa shape index (κ1) is 21.5. The maximum absolute atomic E-state index is 13.5. The molecule has 1 saturated heterocycles. The van der Waals surface area contributed by atoms with E-state index in [-0.39, 0.29) is 11.6 Å². The predicted octanol–water partition coefficient (Wildman–Crippen LogP) is 4.00. The van der Waals surface area contributed by atoms with Crippen molar-refractivity contribution in [2.24, 2.45) is 5.92 Å². The van der Waals surface area contributed by atoms with Crippen molar-refractivity contribution in [1.29, 1.82) is 0 Å². The maximum atomic E-state index is 13.5. The Bertz CT molecular complexity index is 1330. The number of likely N-dealkylation sites (tertiary alicyclic amines) is 1. The van der Waals surface area contributed by atoms with Gasteiger partial charge in [0.2, 0.25) is 0 Å². The number of hydrogen-bond donors (Lipinski definition) is 1. The van der Waals surface area contributed by atoms with Crippen molar-refractivity contribution >= 4 is 10.9 Å². The number of H-pyrrole nitrogens is 1. The third-order valence-corrected chi connectivity index (χ3v) is 6.80. The smallest absolute Gasteiger partial charge is 0.253 e. The molecule has 0 saturated carbocycles. The molecule has 3 heterocycles. The molecule has 1 N–H and O–H groups in total. The Labute approximate surface area is 193 Å². The second-order valence-electron chi connectivity index (χ2n) is 9.37. The van der Waals surface area contributed by atoms with Gasteiger partial charge in [0.05, 0.1) is 12.1 Å². The van der Waals surface area contributed by atoms with Crippen molar-refractivity contribution in [3.8, 4) is 0 Å². The first-order chi connectivity index (χ1) is 16.0. The zero-order valence-corrected chi connectivity index (χ0v) is 19.5. The third kappa shape index (κ3) is 4.20. The van der Waals surface area contributed by atoms with Gasteiger partial charge in [0.1, 0.15) is 6.04 Å². The lowest BCUT2D eigenvalue weighted by atomic mass is 9.95. The first-order valence-corrected chi connectivity index (χ1v) is 11.7. The van der Waals surface area contributed by atoms with Crippen LogP contribution in [0.3, 0.4) is 0 Å². The van der Waals surface area contributed by atoms with Gasteiger partial charge >= 0.3 is 0 Å². The van der Waals surface area contributed by atoms with Gasteiger partial charge in [-0.25, -0.2) is 4.68 Å². The summed E-state index contributed by atoms with van der Waals surface area (Å²) < 4.78 is 1.84. The molecule has 0 aliphatic carbocycles. The number of hydrogen-bond acceptors (Lipinski definition) is 5. The second kappa shape index (κ2) is 8.90. The number of nitrogens with zero attached hydrogens (tertiary/aromatic N) is 5. The van der Waals surface area contributed by atoms with Gasteiger partial charge in [-0.3, -0.25) is 9.69 Å². The van der Waals surface area contributed by atoms with Crippen molar-refractivity contribution < 1.29 is 0 Å². The summed E-state index contributed by atoms with van der Waals surface area (Å²) in [6.07, 6.45) is 2.30. The normalized spacial score (nSPS) is 18.0. The second-order valence-corrected chi connectivity index (χ2v) is 9.37. The molecule has 1 fully saturated rings. The van der Waals surface area contributed by atoms with Crippen LogP contribution in [0.1, 0.15) is 53.9 Å². The first-order valence-electron chi connectivity index (χ1n) is 11.7. The zero-order valence-electron chi connectivity index (χ0n) is 19.5. The van der Waals surface area contributed by atoms with E-state index in [1.54, 1.807) is 0 Å². The van der Waals surface area contributed by atoms with Gasteiger partial charge < -0.3 is 4.98 Å². The quantitative estimate of drug-likeness (QED) is 0.505. The molecule has 0 amide bonds. The maximum Gasteiger partial charge on any atom is 0.253 e. The number of aromatic nitrogens is 5. The number of rotatable bonds is 5. The molecule has 0 bridgehead atoms. The van der Waals surface area contributed by atoms with Crippen LogP contribution < -0.4 is 5.56 Å². The van der Waals surface area contributed by atoms with Crippen LogP contribution in [0.25, 0.3) is 10.9 Å². The fourth-order valence-electron chi connectivity index (χ4n) is 5.03. The van der Waals surface area contributed by atoms with Crippen molar-refractivity contribution in [2.75, 3.05) is 13.1 Å². The minimum Gasteiger partial charge on any atom is -0.321 e. The highest BCUT2D eigenvalue weighted by molar-refractivity contribution is 5.85. The number of tetrazole rings is 1. The lowest BCUT2D eigenvalue weighted by molar-refractivity contribution is 0.141. The molecule has 33 heavy (non-hydrogen) atoms. The Morgan fingerprint density at radius 2 is 1.91 bits per heavy atom. The van der Waals surface area contributed by atoms with Gasteiger partial charge in [-0.15, -0.1) is 5.10 Å². The summed E-state index contributed by atoms with van der Waals surface area (Å²) in [6.45, 7) is 8.77. The Balaban J connectivity index is 1.66. The number of pyridine rings is 1. The average molecular weight is 443 g/mol. The summed E-state index contributed by atoms with van der Waals surface area (Å²) in [5.74, 6) is 1.27. The number of aromatic amines is 1. The Kier molecular flexibility index (Phi) is 5.81. The molecule has 1 aliphatic rings. The van der Waals surface area contributed by atoms with E-state index in [1.165, 1.54) is 6.42 Å². The minimum absolute atomic E-state index is 0.0753. The topological polar surface area (TPSA) is 79.7 Å². The van der Waals surface area contributed by atoms with E-state index in [9.17, 15) is 4.79 Å². The van der Waals surface area contributed by atoms with E-state index in [0.29, 0.717) is 23.9 Å². The monoisotopic (exact) mass is 442 g/mol. The molecular weight excluding hydrogens is 412 g/mol. The number of piperidine rings is 1. The molecule has 0 radical (unpaired) electrons. The van der Waals surface area contributed by atoms with Crippen LogP contribution in [-0.4, -0.2) is 43.2 Å². The van der Waals surface area contributed by atoms with Gasteiger partial charge in [-0.2, -0.15) is 0 Å². The van der Waals surface area contributed by atoms with Crippen LogP contribution >= 0.6 is 0 Å². The molecule has 4 aromatic rings. The van der Waals surface area contributed by atoms with E-state index < -0.39 is 0 Å². The molecule has 2 atom stereocenters. The Morgan fingerprint density at radius 1 is 1.12 bits per heavy atom. The lowest BCUT2D eigenvalue weighted by Crippen LogP contribution is -2.41. The minimum atomic E-state index is -0.306. The van der Waals surface area contributed by atoms with Crippen LogP contribution in [0.2, 0.25) is 0 Å². The molecule has 5 rings (SSSR count). The predicted molar refractivity (Wildman–Crippen MR) is 129 cm³/mol. The van der Waals surface area contributed by atoms with Crippen LogP contribution in [0.5, 0.6) is 0 Å². The average Bonchev–Trinajstić information content (AvgIpc) is 3.26. The molecular formula is C26H30N6O. The summed E-state index contributed by atoms with van der Waals surface area (Å²) >= 11 is 0. The molecule has 0 spiro atoms. The van der Waals surface area contributed by atoms with Crippen LogP contribution in [0.4, 0.5) is 0 Å². The molecule has 1 aliphatic heterocycles. The number of benzene rings is 2. The van der Waals surface area contributed by atoms with E-state index >= 15 is 0 Å². The van der Waals surface area contributed by atoms with Gasteiger partial charge in [0.15, 0.2) is 5.82 Å². The van der Waals surface area contributed by atoms with Gasteiger partial charge in [-0.1, -0.05) is 49.4 Å². The fourth-order valence-corrected chi connectivity index (χ4v) is 5.03. The van der Waals surface area contributed by atoms with E-state index in [1.807, 2.05) is 29.8 Å². The largest absolute Gasteiger partial charge is 0.321 e. The summed E-state index contributed by atoms with van der Waals surface area (Å²) in [4.78, 5) is 19.0. The van der Waals surface area contributed by atoms with Crippen LogP contribution in [0.15, 0.2) is 53.3 Å². The molecule has 7 nitrogen and oxygen atoms in total. The molecule has 7 heteroatoms. The number of fused-ring (bicyclic) bond motifs is 1. The van der Waals surface area contributed by atoms with Gasteiger partial charge in [0, 0.05) is 17.5 Å².